The summed E-state index contributed by atoms with van der Waals surface area (Å²) in [5, 5.41) is 5.50. The van der Waals surface area contributed by atoms with Gasteiger partial charge in [0.1, 0.15) is 0 Å². The summed E-state index contributed by atoms with van der Waals surface area (Å²) < 4.78 is 25.3. The van der Waals surface area contributed by atoms with Crippen LogP contribution in [0.3, 0.4) is 0 Å². The molecule has 2 aliphatic rings. The zero-order valence-corrected chi connectivity index (χ0v) is 17.3. The van der Waals surface area contributed by atoms with E-state index in [0.29, 0.717) is 11.6 Å². The van der Waals surface area contributed by atoms with Crippen LogP contribution in [-0.4, -0.2) is 37.3 Å². The lowest BCUT2D eigenvalue weighted by molar-refractivity contribution is -0.122. The van der Waals surface area contributed by atoms with E-state index in [9.17, 15) is 18.0 Å². The molecule has 0 aromatic heterocycles. The van der Waals surface area contributed by atoms with Gasteiger partial charge in [-0.05, 0) is 43.9 Å². The molecular formula is C19H26N2O4S2. The molecule has 0 spiro atoms. The van der Waals surface area contributed by atoms with Gasteiger partial charge in [-0.25, -0.2) is 8.42 Å². The van der Waals surface area contributed by atoms with E-state index in [-0.39, 0.29) is 40.2 Å². The molecule has 27 heavy (non-hydrogen) atoms. The highest BCUT2D eigenvalue weighted by atomic mass is 32.2. The molecule has 148 valence electrons. The molecule has 3 atom stereocenters. The number of carbonyl (C=O) groups is 2. The smallest absolute Gasteiger partial charge is 0.237 e. The second-order valence-electron chi connectivity index (χ2n) is 7.41. The highest BCUT2D eigenvalue weighted by Gasteiger charge is 2.26. The molecular weight excluding hydrogens is 384 g/mol. The van der Waals surface area contributed by atoms with Crippen LogP contribution in [0.25, 0.3) is 0 Å². The molecule has 3 rings (SSSR count). The predicted molar refractivity (Wildman–Crippen MR) is 107 cm³/mol. The van der Waals surface area contributed by atoms with Crippen molar-refractivity contribution in [2.75, 3.05) is 11.1 Å². The van der Waals surface area contributed by atoms with E-state index in [1.165, 1.54) is 24.2 Å². The molecule has 1 saturated carbocycles. The van der Waals surface area contributed by atoms with E-state index in [0.717, 1.165) is 24.2 Å². The minimum atomic E-state index is -3.56. The Morgan fingerprint density at radius 3 is 2.74 bits per heavy atom. The van der Waals surface area contributed by atoms with E-state index >= 15 is 0 Å². The molecule has 2 amide bonds. The third-order valence-electron chi connectivity index (χ3n) is 5.30. The highest BCUT2D eigenvalue weighted by molar-refractivity contribution is 8.01. The topological polar surface area (TPSA) is 92.3 Å². The summed E-state index contributed by atoms with van der Waals surface area (Å²) in [4.78, 5) is 24.9. The van der Waals surface area contributed by atoms with Gasteiger partial charge in [-0.1, -0.05) is 19.8 Å². The van der Waals surface area contributed by atoms with Crippen molar-refractivity contribution in [2.24, 2.45) is 5.92 Å². The third kappa shape index (κ3) is 4.85. The van der Waals surface area contributed by atoms with Gasteiger partial charge in [0.05, 0.1) is 21.6 Å². The van der Waals surface area contributed by atoms with Crippen LogP contribution in [-0.2, 0) is 19.4 Å². The lowest BCUT2D eigenvalue weighted by atomic mass is 9.86. The average Bonchev–Trinajstić information content (AvgIpc) is 2.62. The highest BCUT2D eigenvalue weighted by Crippen LogP contribution is 2.37. The monoisotopic (exact) mass is 410 g/mol. The van der Waals surface area contributed by atoms with Gasteiger partial charge in [0.25, 0.3) is 0 Å². The molecule has 1 aromatic rings. The van der Waals surface area contributed by atoms with E-state index in [2.05, 4.69) is 17.6 Å². The molecule has 8 heteroatoms. The minimum Gasteiger partial charge on any atom is -0.353 e. The summed E-state index contributed by atoms with van der Waals surface area (Å²) in [7, 11) is -3.56. The zero-order valence-electron chi connectivity index (χ0n) is 15.7. The number of anilines is 1. The van der Waals surface area contributed by atoms with E-state index < -0.39 is 9.84 Å². The van der Waals surface area contributed by atoms with Crippen LogP contribution >= 0.6 is 11.8 Å². The van der Waals surface area contributed by atoms with Crippen LogP contribution in [0.5, 0.6) is 0 Å². The van der Waals surface area contributed by atoms with Gasteiger partial charge in [-0.2, -0.15) is 0 Å². The number of sulfone groups is 1. The van der Waals surface area contributed by atoms with Crippen LogP contribution < -0.4 is 10.6 Å². The Balaban J connectivity index is 1.62. The SMILES string of the molecule is CC1Sc2cc(S(=O)(=O)CCC(=O)NC3CCCCC3C)ccc2NC1=O. The summed E-state index contributed by atoms with van der Waals surface area (Å²) in [6.45, 7) is 3.91. The quantitative estimate of drug-likeness (QED) is 0.779. The molecule has 1 aromatic carbocycles. The summed E-state index contributed by atoms with van der Waals surface area (Å²) in [6.07, 6.45) is 4.33. The lowest BCUT2D eigenvalue weighted by Gasteiger charge is -2.29. The first kappa shape index (κ1) is 20.2. The first-order chi connectivity index (χ1) is 12.8. The second kappa shape index (κ2) is 8.22. The fraction of sp³-hybridized carbons (Fsp3) is 0.579. The van der Waals surface area contributed by atoms with Crippen LogP contribution in [0, 0.1) is 5.92 Å². The Morgan fingerprint density at radius 2 is 2.00 bits per heavy atom. The Labute approximate surface area is 164 Å². The maximum absolute atomic E-state index is 12.6. The second-order valence-corrected chi connectivity index (χ2v) is 10.9. The normalized spacial score (nSPS) is 25.4. The van der Waals surface area contributed by atoms with E-state index in [1.54, 1.807) is 19.1 Å². The number of carbonyl (C=O) groups excluding carboxylic acids is 2. The van der Waals surface area contributed by atoms with E-state index in [4.69, 9.17) is 0 Å². The summed E-state index contributed by atoms with van der Waals surface area (Å²) >= 11 is 1.34. The van der Waals surface area contributed by atoms with Crippen LogP contribution in [0.15, 0.2) is 28.0 Å². The van der Waals surface area contributed by atoms with Crippen LogP contribution in [0.2, 0.25) is 0 Å². The van der Waals surface area contributed by atoms with Gasteiger partial charge in [0, 0.05) is 17.4 Å². The third-order valence-corrected chi connectivity index (χ3v) is 8.17. The molecule has 2 N–H and O–H groups in total. The Kier molecular flexibility index (Phi) is 6.15. The number of thioether (sulfide) groups is 1. The molecule has 0 saturated heterocycles. The van der Waals surface area contributed by atoms with Crippen molar-refractivity contribution >= 4 is 39.1 Å². The average molecular weight is 411 g/mol. The number of amides is 2. The standard InChI is InChI=1S/C19H26N2O4S2/c1-12-5-3-4-6-15(12)20-18(22)9-10-27(24,25)14-7-8-16-17(11-14)26-13(2)19(23)21-16/h7-8,11-13,15H,3-6,9-10H2,1-2H3,(H,20,22)(H,21,23). The maximum Gasteiger partial charge on any atom is 0.237 e. The summed E-state index contributed by atoms with van der Waals surface area (Å²) in [6, 6.07) is 4.85. The molecule has 1 aliphatic carbocycles. The number of hydrogen-bond acceptors (Lipinski definition) is 5. The molecule has 0 bridgehead atoms. The largest absolute Gasteiger partial charge is 0.353 e. The van der Waals surface area contributed by atoms with Gasteiger partial charge in [0.15, 0.2) is 9.84 Å². The van der Waals surface area contributed by atoms with Crippen molar-refractivity contribution in [3.05, 3.63) is 18.2 Å². The van der Waals surface area contributed by atoms with Crippen LogP contribution in [0.1, 0.15) is 46.0 Å². The number of nitrogens with one attached hydrogen (secondary N) is 2. The van der Waals surface area contributed by atoms with Gasteiger partial charge in [-0.15, -0.1) is 11.8 Å². The van der Waals surface area contributed by atoms with Gasteiger partial charge >= 0.3 is 0 Å². The fourth-order valence-electron chi connectivity index (χ4n) is 3.53. The number of fused-ring (bicyclic) bond motifs is 1. The molecule has 1 heterocycles. The van der Waals surface area contributed by atoms with Crippen molar-refractivity contribution < 1.29 is 18.0 Å². The Hall–Kier alpha value is -1.54. The minimum absolute atomic E-state index is 0.0388. The summed E-state index contributed by atoms with van der Waals surface area (Å²) in [5.41, 5.74) is 0.631. The first-order valence-corrected chi connectivity index (χ1v) is 11.9. The number of benzene rings is 1. The van der Waals surface area contributed by atoms with Crippen molar-refractivity contribution in [1.82, 2.24) is 5.32 Å². The van der Waals surface area contributed by atoms with Gasteiger partial charge in [0.2, 0.25) is 11.8 Å². The summed E-state index contributed by atoms with van der Waals surface area (Å²) in [5.74, 6) is -0.0675. The Morgan fingerprint density at radius 1 is 1.26 bits per heavy atom. The fourth-order valence-corrected chi connectivity index (χ4v) is 5.85. The van der Waals surface area contributed by atoms with Crippen molar-refractivity contribution in [1.29, 1.82) is 0 Å². The maximum atomic E-state index is 12.6. The van der Waals surface area contributed by atoms with Gasteiger partial charge < -0.3 is 10.6 Å². The first-order valence-electron chi connectivity index (χ1n) is 9.40. The molecule has 0 radical (unpaired) electrons. The molecule has 1 fully saturated rings. The molecule has 3 unspecified atom stereocenters. The molecule has 6 nitrogen and oxygen atoms in total. The van der Waals surface area contributed by atoms with Crippen LogP contribution in [0.4, 0.5) is 5.69 Å². The number of hydrogen-bond donors (Lipinski definition) is 2. The van der Waals surface area contributed by atoms with E-state index in [1.807, 2.05) is 0 Å². The van der Waals surface area contributed by atoms with Crippen molar-refractivity contribution in [3.63, 3.8) is 0 Å². The van der Waals surface area contributed by atoms with Gasteiger partial charge in [-0.3, -0.25) is 9.59 Å². The number of rotatable bonds is 5. The Bertz CT molecular complexity index is 838. The predicted octanol–water partition coefficient (Wildman–Crippen LogP) is 2.98. The van der Waals surface area contributed by atoms with Crippen molar-refractivity contribution in [3.8, 4) is 0 Å². The zero-order chi connectivity index (χ0) is 19.6. The van der Waals surface area contributed by atoms with Crippen molar-refractivity contribution in [2.45, 2.75) is 67.0 Å². The lowest BCUT2D eigenvalue weighted by Crippen LogP contribution is -2.41. The molecule has 1 aliphatic heterocycles.